The van der Waals surface area contributed by atoms with Gasteiger partial charge in [-0.05, 0) is 47.7 Å². The van der Waals surface area contributed by atoms with E-state index in [4.69, 9.17) is 4.74 Å². The highest BCUT2D eigenvalue weighted by Gasteiger charge is 2.23. The topological polar surface area (TPSA) is 70.7 Å². The van der Waals surface area contributed by atoms with E-state index < -0.39 is 0 Å². The Kier molecular flexibility index (Phi) is 4.81. The van der Waals surface area contributed by atoms with Crippen molar-refractivity contribution >= 4 is 23.3 Å². The van der Waals surface area contributed by atoms with E-state index in [1.807, 2.05) is 30.3 Å². The van der Waals surface area contributed by atoms with Crippen LogP contribution in [0.3, 0.4) is 0 Å². The molecule has 2 aromatic carbocycles. The van der Waals surface area contributed by atoms with E-state index in [-0.39, 0.29) is 18.0 Å². The van der Waals surface area contributed by atoms with Crippen molar-refractivity contribution in [2.45, 2.75) is 25.9 Å². The Hall–Kier alpha value is -2.86. The Bertz CT molecular complexity index is 881. The van der Waals surface area contributed by atoms with Crippen LogP contribution >= 0.6 is 0 Å². The number of rotatable bonds is 3. The summed E-state index contributed by atoms with van der Waals surface area (Å²) in [6.45, 7) is 3.35. The Morgan fingerprint density at radius 2 is 2.00 bits per heavy atom. The van der Waals surface area contributed by atoms with Crippen LogP contribution in [0.25, 0.3) is 0 Å². The van der Waals surface area contributed by atoms with Gasteiger partial charge in [-0.2, -0.15) is 0 Å². The number of anilines is 2. The molecule has 0 aromatic heterocycles. The predicted octanol–water partition coefficient (Wildman–Crippen LogP) is 3.03. The van der Waals surface area contributed by atoms with Gasteiger partial charge in [0.2, 0.25) is 5.91 Å². The SMILES string of the molecule is CC(=O)N1CCc2cc(NC(=O)NCC3OCCc4ccccc43)ccc21. The fourth-order valence-corrected chi connectivity index (χ4v) is 3.81. The number of carbonyl (C=O) groups excluding carboxylic acids is 2. The zero-order chi connectivity index (χ0) is 18.8. The molecule has 0 bridgehead atoms. The summed E-state index contributed by atoms with van der Waals surface area (Å²) in [5, 5.41) is 5.77. The molecule has 140 valence electrons. The minimum atomic E-state index is -0.261. The van der Waals surface area contributed by atoms with Gasteiger partial charge in [0.05, 0.1) is 6.61 Å². The van der Waals surface area contributed by atoms with Crippen LogP contribution in [-0.4, -0.2) is 31.6 Å². The maximum absolute atomic E-state index is 12.3. The molecule has 0 saturated heterocycles. The monoisotopic (exact) mass is 365 g/mol. The van der Waals surface area contributed by atoms with Gasteiger partial charge in [-0.15, -0.1) is 0 Å². The molecule has 0 spiro atoms. The number of hydrogen-bond donors (Lipinski definition) is 2. The van der Waals surface area contributed by atoms with Crippen LogP contribution in [0.1, 0.15) is 29.7 Å². The first kappa shape index (κ1) is 17.5. The van der Waals surface area contributed by atoms with Crippen molar-refractivity contribution in [2.24, 2.45) is 0 Å². The third-order valence-electron chi connectivity index (χ3n) is 5.15. The molecular weight excluding hydrogens is 342 g/mol. The molecule has 0 aliphatic carbocycles. The van der Waals surface area contributed by atoms with E-state index in [0.717, 1.165) is 35.3 Å². The maximum Gasteiger partial charge on any atom is 0.319 e. The number of nitrogens with one attached hydrogen (secondary N) is 2. The number of ether oxygens (including phenoxy) is 1. The molecule has 0 fully saturated rings. The normalized spacial score (nSPS) is 17.8. The summed E-state index contributed by atoms with van der Waals surface area (Å²) in [4.78, 5) is 25.7. The molecule has 27 heavy (non-hydrogen) atoms. The molecule has 2 aliphatic heterocycles. The average molecular weight is 365 g/mol. The smallest absolute Gasteiger partial charge is 0.319 e. The quantitative estimate of drug-likeness (QED) is 0.878. The van der Waals surface area contributed by atoms with E-state index >= 15 is 0 Å². The van der Waals surface area contributed by atoms with Crippen molar-refractivity contribution in [3.63, 3.8) is 0 Å². The Morgan fingerprint density at radius 1 is 1.15 bits per heavy atom. The standard InChI is InChI=1S/C21H23N3O3/c1-14(25)24-10-8-16-12-17(6-7-19(16)24)23-21(26)22-13-20-18-5-3-2-4-15(18)9-11-27-20/h2-7,12,20H,8-11,13H2,1H3,(H2,22,23,26). The molecule has 4 rings (SSSR count). The van der Waals surface area contributed by atoms with Crippen molar-refractivity contribution in [3.8, 4) is 0 Å². The van der Waals surface area contributed by atoms with E-state index in [1.54, 1.807) is 11.8 Å². The van der Waals surface area contributed by atoms with E-state index in [9.17, 15) is 9.59 Å². The number of fused-ring (bicyclic) bond motifs is 2. The summed E-state index contributed by atoms with van der Waals surface area (Å²) in [5.41, 5.74) is 5.16. The zero-order valence-electron chi connectivity index (χ0n) is 15.3. The summed E-state index contributed by atoms with van der Waals surface area (Å²) in [5.74, 6) is 0.0416. The van der Waals surface area contributed by atoms with E-state index in [1.165, 1.54) is 5.56 Å². The summed E-state index contributed by atoms with van der Waals surface area (Å²) < 4.78 is 5.82. The molecule has 6 nitrogen and oxygen atoms in total. The van der Waals surface area contributed by atoms with Crippen molar-refractivity contribution in [1.29, 1.82) is 0 Å². The summed E-state index contributed by atoms with van der Waals surface area (Å²) in [6.07, 6.45) is 1.59. The summed E-state index contributed by atoms with van der Waals surface area (Å²) in [6, 6.07) is 13.6. The molecular formula is C21H23N3O3. The van der Waals surface area contributed by atoms with Gasteiger partial charge in [0.25, 0.3) is 0 Å². The number of hydrogen-bond acceptors (Lipinski definition) is 3. The first-order chi connectivity index (χ1) is 13.1. The van der Waals surface area contributed by atoms with Crippen molar-refractivity contribution in [2.75, 3.05) is 29.9 Å². The van der Waals surface area contributed by atoms with E-state index in [0.29, 0.717) is 19.7 Å². The number of carbonyl (C=O) groups is 2. The Balaban J connectivity index is 1.36. The molecule has 2 aromatic rings. The van der Waals surface area contributed by atoms with Crippen LogP contribution in [0.5, 0.6) is 0 Å². The summed E-state index contributed by atoms with van der Waals surface area (Å²) >= 11 is 0. The predicted molar refractivity (Wildman–Crippen MR) is 104 cm³/mol. The lowest BCUT2D eigenvalue weighted by Crippen LogP contribution is -2.34. The van der Waals surface area contributed by atoms with Crippen molar-refractivity contribution < 1.29 is 14.3 Å². The number of benzene rings is 2. The minimum Gasteiger partial charge on any atom is -0.371 e. The number of urea groups is 1. The number of nitrogens with zero attached hydrogens (tertiary/aromatic N) is 1. The van der Waals surface area contributed by atoms with Crippen LogP contribution < -0.4 is 15.5 Å². The Morgan fingerprint density at radius 3 is 2.85 bits per heavy atom. The lowest BCUT2D eigenvalue weighted by molar-refractivity contribution is -0.116. The molecule has 6 heteroatoms. The largest absolute Gasteiger partial charge is 0.371 e. The number of amides is 3. The molecule has 1 atom stereocenters. The lowest BCUT2D eigenvalue weighted by atomic mass is 9.98. The van der Waals surface area contributed by atoms with Gasteiger partial charge in [0.1, 0.15) is 6.10 Å². The molecule has 1 unspecified atom stereocenters. The maximum atomic E-state index is 12.3. The summed E-state index contributed by atoms with van der Waals surface area (Å²) in [7, 11) is 0. The van der Waals surface area contributed by atoms with Gasteiger partial charge >= 0.3 is 6.03 Å². The molecule has 2 heterocycles. The van der Waals surface area contributed by atoms with Crippen LogP contribution in [0.4, 0.5) is 16.2 Å². The third-order valence-corrected chi connectivity index (χ3v) is 5.15. The van der Waals surface area contributed by atoms with Gasteiger partial charge in [-0.1, -0.05) is 24.3 Å². The molecule has 0 radical (unpaired) electrons. The van der Waals surface area contributed by atoms with Crippen LogP contribution in [-0.2, 0) is 22.4 Å². The molecule has 2 aliphatic rings. The second-order valence-electron chi connectivity index (χ2n) is 6.91. The lowest BCUT2D eigenvalue weighted by Gasteiger charge is -2.26. The highest BCUT2D eigenvalue weighted by atomic mass is 16.5. The first-order valence-electron chi connectivity index (χ1n) is 9.27. The van der Waals surface area contributed by atoms with Gasteiger partial charge < -0.3 is 20.3 Å². The minimum absolute atomic E-state index is 0.0416. The molecule has 0 saturated carbocycles. The first-order valence-corrected chi connectivity index (χ1v) is 9.27. The second kappa shape index (κ2) is 7.40. The van der Waals surface area contributed by atoms with Gasteiger partial charge in [-0.25, -0.2) is 4.79 Å². The average Bonchev–Trinajstić information content (AvgIpc) is 3.10. The highest BCUT2D eigenvalue weighted by molar-refractivity contribution is 5.95. The fraction of sp³-hybridized carbons (Fsp3) is 0.333. The molecule has 2 N–H and O–H groups in total. The van der Waals surface area contributed by atoms with Crippen LogP contribution in [0.2, 0.25) is 0 Å². The van der Waals surface area contributed by atoms with Gasteiger partial charge in [0.15, 0.2) is 0 Å². The van der Waals surface area contributed by atoms with Crippen molar-refractivity contribution in [1.82, 2.24) is 5.32 Å². The van der Waals surface area contributed by atoms with E-state index in [2.05, 4.69) is 22.8 Å². The zero-order valence-corrected chi connectivity index (χ0v) is 15.3. The van der Waals surface area contributed by atoms with Crippen LogP contribution in [0, 0.1) is 0 Å². The van der Waals surface area contributed by atoms with Crippen LogP contribution in [0.15, 0.2) is 42.5 Å². The second-order valence-corrected chi connectivity index (χ2v) is 6.91. The van der Waals surface area contributed by atoms with Crippen molar-refractivity contribution in [3.05, 3.63) is 59.2 Å². The van der Waals surface area contributed by atoms with Gasteiger partial charge in [-0.3, -0.25) is 4.79 Å². The Labute approximate surface area is 158 Å². The fourth-order valence-electron chi connectivity index (χ4n) is 3.81. The van der Waals surface area contributed by atoms with Gasteiger partial charge in [0, 0.05) is 31.4 Å². The molecule has 3 amide bonds. The highest BCUT2D eigenvalue weighted by Crippen LogP contribution is 2.30. The third kappa shape index (κ3) is 3.66.